The van der Waals surface area contributed by atoms with Gasteiger partial charge < -0.3 is 24.3 Å². The summed E-state index contributed by atoms with van der Waals surface area (Å²) in [5, 5.41) is 0. The van der Waals surface area contributed by atoms with Crippen molar-refractivity contribution in [1.29, 1.82) is 0 Å². The standard InChI is InChI=1S/C21H30N6O/c1-3-24-8-10-26(11-9-24)20-16-21(23-17-22-20)27-14-12-25(13-15-27)18-6-4-5-7-19(18)28-2/h4-7,16-17H,3,8-15H2,1-2H3. The van der Waals surface area contributed by atoms with Crippen molar-refractivity contribution in [2.24, 2.45) is 0 Å². The molecule has 2 saturated heterocycles. The Balaban J connectivity index is 1.40. The van der Waals surface area contributed by atoms with Gasteiger partial charge in [0, 0.05) is 58.4 Å². The lowest BCUT2D eigenvalue weighted by Gasteiger charge is -2.38. The molecule has 3 heterocycles. The first-order valence-corrected chi connectivity index (χ1v) is 10.2. The quantitative estimate of drug-likeness (QED) is 0.783. The molecule has 0 aliphatic carbocycles. The first-order valence-electron chi connectivity index (χ1n) is 10.2. The average Bonchev–Trinajstić information content (AvgIpc) is 2.79. The van der Waals surface area contributed by atoms with Crippen LogP contribution in [-0.4, -0.2) is 80.9 Å². The van der Waals surface area contributed by atoms with Gasteiger partial charge in [0.15, 0.2) is 0 Å². The van der Waals surface area contributed by atoms with Crippen molar-refractivity contribution in [1.82, 2.24) is 14.9 Å². The topological polar surface area (TPSA) is 48.0 Å². The highest BCUT2D eigenvalue weighted by Gasteiger charge is 2.22. The summed E-state index contributed by atoms with van der Waals surface area (Å²) in [6, 6.07) is 10.4. The molecule has 0 spiro atoms. The maximum atomic E-state index is 5.52. The minimum atomic E-state index is 0.937. The summed E-state index contributed by atoms with van der Waals surface area (Å²) in [7, 11) is 1.73. The smallest absolute Gasteiger partial charge is 0.142 e. The van der Waals surface area contributed by atoms with Crippen LogP contribution in [-0.2, 0) is 0 Å². The van der Waals surface area contributed by atoms with Gasteiger partial charge in [-0.3, -0.25) is 0 Å². The predicted molar refractivity (Wildman–Crippen MR) is 114 cm³/mol. The molecule has 0 N–H and O–H groups in total. The highest BCUT2D eigenvalue weighted by molar-refractivity contribution is 5.60. The average molecular weight is 383 g/mol. The van der Waals surface area contributed by atoms with Gasteiger partial charge >= 0.3 is 0 Å². The van der Waals surface area contributed by atoms with E-state index in [1.54, 1.807) is 13.4 Å². The van der Waals surface area contributed by atoms with Gasteiger partial charge in [0.25, 0.3) is 0 Å². The third-order valence-electron chi connectivity index (χ3n) is 5.81. The monoisotopic (exact) mass is 382 g/mol. The second kappa shape index (κ2) is 8.65. The number of ether oxygens (including phenoxy) is 1. The second-order valence-electron chi connectivity index (χ2n) is 7.30. The number of para-hydroxylation sites is 2. The summed E-state index contributed by atoms with van der Waals surface area (Å²) in [6.45, 7) is 11.4. The Labute approximate surface area is 167 Å². The molecule has 2 fully saturated rings. The Morgan fingerprint density at radius 3 is 2.00 bits per heavy atom. The number of hydrogen-bond acceptors (Lipinski definition) is 7. The molecule has 2 aliphatic heterocycles. The number of likely N-dealkylation sites (N-methyl/N-ethyl adjacent to an activating group) is 1. The molecule has 1 aromatic heterocycles. The molecule has 4 rings (SSSR count). The molecular weight excluding hydrogens is 352 g/mol. The summed E-state index contributed by atoms with van der Waals surface area (Å²) in [5.41, 5.74) is 1.17. The number of hydrogen-bond donors (Lipinski definition) is 0. The van der Waals surface area contributed by atoms with E-state index < -0.39 is 0 Å². The maximum absolute atomic E-state index is 5.52. The van der Waals surface area contributed by atoms with Crippen molar-refractivity contribution in [2.45, 2.75) is 6.92 Å². The van der Waals surface area contributed by atoms with Crippen LogP contribution in [0.5, 0.6) is 5.75 Å². The van der Waals surface area contributed by atoms with Crippen LogP contribution in [0.25, 0.3) is 0 Å². The first kappa shape index (κ1) is 18.8. The van der Waals surface area contributed by atoms with Crippen LogP contribution in [0.3, 0.4) is 0 Å². The van der Waals surface area contributed by atoms with Gasteiger partial charge in [-0.15, -0.1) is 0 Å². The Hall–Kier alpha value is -2.54. The van der Waals surface area contributed by atoms with Crippen LogP contribution in [0.4, 0.5) is 17.3 Å². The first-order chi connectivity index (χ1) is 13.8. The molecule has 28 heavy (non-hydrogen) atoms. The Kier molecular flexibility index (Phi) is 5.81. The number of benzene rings is 1. The fourth-order valence-corrected chi connectivity index (χ4v) is 4.04. The third-order valence-corrected chi connectivity index (χ3v) is 5.81. The normalized spacial score (nSPS) is 18.4. The zero-order valence-corrected chi connectivity index (χ0v) is 16.9. The van der Waals surface area contributed by atoms with Gasteiger partial charge in [-0.25, -0.2) is 9.97 Å². The van der Waals surface area contributed by atoms with Crippen molar-refractivity contribution in [3.63, 3.8) is 0 Å². The van der Waals surface area contributed by atoms with E-state index in [0.29, 0.717) is 0 Å². The van der Waals surface area contributed by atoms with Gasteiger partial charge in [0.2, 0.25) is 0 Å². The number of rotatable bonds is 5. The fraction of sp³-hybridized carbons (Fsp3) is 0.524. The molecular formula is C21H30N6O. The van der Waals surface area contributed by atoms with E-state index in [4.69, 9.17) is 4.74 Å². The van der Waals surface area contributed by atoms with Gasteiger partial charge in [0.1, 0.15) is 23.7 Å². The van der Waals surface area contributed by atoms with Crippen molar-refractivity contribution in [3.05, 3.63) is 36.7 Å². The van der Waals surface area contributed by atoms with Gasteiger partial charge in [0.05, 0.1) is 12.8 Å². The van der Waals surface area contributed by atoms with E-state index in [-0.39, 0.29) is 0 Å². The zero-order valence-electron chi connectivity index (χ0n) is 16.9. The Morgan fingerprint density at radius 1 is 0.821 bits per heavy atom. The summed E-state index contributed by atoms with van der Waals surface area (Å²) in [5.74, 6) is 3.02. The van der Waals surface area contributed by atoms with Gasteiger partial charge in [-0.1, -0.05) is 19.1 Å². The van der Waals surface area contributed by atoms with Crippen LogP contribution >= 0.6 is 0 Å². The van der Waals surface area contributed by atoms with E-state index in [1.807, 2.05) is 12.1 Å². The number of anilines is 3. The molecule has 0 amide bonds. The van der Waals surface area contributed by atoms with Crippen LogP contribution in [0, 0.1) is 0 Å². The van der Waals surface area contributed by atoms with E-state index in [1.165, 1.54) is 5.69 Å². The molecule has 0 saturated carbocycles. The van der Waals surface area contributed by atoms with Crippen molar-refractivity contribution in [2.75, 3.05) is 80.7 Å². The van der Waals surface area contributed by atoms with Gasteiger partial charge in [-0.2, -0.15) is 0 Å². The third kappa shape index (κ3) is 3.99. The number of methoxy groups -OCH3 is 1. The number of nitrogens with zero attached hydrogens (tertiary/aromatic N) is 6. The lowest BCUT2D eigenvalue weighted by atomic mass is 10.2. The van der Waals surface area contributed by atoms with E-state index in [9.17, 15) is 0 Å². The van der Waals surface area contributed by atoms with Crippen LogP contribution in [0.15, 0.2) is 36.7 Å². The molecule has 150 valence electrons. The summed E-state index contributed by atoms with van der Waals surface area (Å²) >= 11 is 0. The van der Waals surface area contributed by atoms with E-state index in [0.717, 1.165) is 76.3 Å². The van der Waals surface area contributed by atoms with Crippen LogP contribution in [0.1, 0.15) is 6.92 Å². The van der Waals surface area contributed by atoms with Crippen LogP contribution < -0.4 is 19.4 Å². The van der Waals surface area contributed by atoms with Crippen LogP contribution in [0.2, 0.25) is 0 Å². The summed E-state index contributed by atoms with van der Waals surface area (Å²) in [6.07, 6.45) is 1.71. The minimum absolute atomic E-state index is 0.937. The van der Waals surface area contributed by atoms with E-state index >= 15 is 0 Å². The van der Waals surface area contributed by atoms with Crippen molar-refractivity contribution >= 4 is 17.3 Å². The lowest BCUT2D eigenvalue weighted by Crippen LogP contribution is -2.47. The SMILES string of the molecule is CCN1CCN(c2cc(N3CCN(c4ccccc4OC)CC3)ncn2)CC1. The molecule has 1 aromatic carbocycles. The van der Waals surface area contributed by atoms with Crippen molar-refractivity contribution < 1.29 is 4.74 Å². The summed E-state index contributed by atoms with van der Waals surface area (Å²) in [4.78, 5) is 18.7. The minimum Gasteiger partial charge on any atom is -0.495 e. The second-order valence-corrected chi connectivity index (χ2v) is 7.30. The molecule has 2 aliphatic rings. The largest absolute Gasteiger partial charge is 0.495 e. The van der Waals surface area contributed by atoms with E-state index in [2.05, 4.69) is 54.7 Å². The molecule has 7 heteroatoms. The zero-order chi connectivity index (χ0) is 19.3. The maximum Gasteiger partial charge on any atom is 0.142 e. The molecule has 0 radical (unpaired) electrons. The van der Waals surface area contributed by atoms with Crippen molar-refractivity contribution in [3.8, 4) is 5.75 Å². The Bertz CT molecular complexity index is 769. The Morgan fingerprint density at radius 2 is 1.39 bits per heavy atom. The summed E-state index contributed by atoms with van der Waals surface area (Å²) < 4.78 is 5.52. The molecule has 0 atom stereocenters. The lowest BCUT2D eigenvalue weighted by molar-refractivity contribution is 0.270. The highest BCUT2D eigenvalue weighted by Crippen LogP contribution is 2.29. The highest BCUT2D eigenvalue weighted by atomic mass is 16.5. The molecule has 7 nitrogen and oxygen atoms in total. The number of aromatic nitrogens is 2. The van der Waals surface area contributed by atoms with Gasteiger partial charge in [-0.05, 0) is 18.7 Å². The molecule has 0 unspecified atom stereocenters. The number of piperazine rings is 2. The molecule has 0 bridgehead atoms. The fourth-order valence-electron chi connectivity index (χ4n) is 4.04. The predicted octanol–water partition coefficient (Wildman–Crippen LogP) is 1.95. The molecule has 2 aromatic rings.